The number of likely N-dealkylation sites (tertiary alicyclic amines) is 1. The first-order valence-corrected chi connectivity index (χ1v) is 7.83. The van der Waals surface area contributed by atoms with E-state index < -0.39 is 11.4 Å². The Bertz CT molecular complexity index is 483. The Morgan fingerprint density at radius 2 is 2.25 bits per heavy atom. The molecule has 1 N–H and O–H groups in total. The fourth-order valence-electron chi connectivity index (χ4n) is 2.56. The van der Waals surface area contributed by atoms with Gasteiger partial charge < -0.3 is 10.0 Å². The molecule has 1 aliphatic rings. The number of hydrogen-bond donors (Lipinski definition) is 1. The Labute approximate surface area is 123 Å². The average Bonchev–Trinajstić information content (AvgIpc) is 2.41. The van der Waals surface area contributed by atoms with E-state index in [1.807, 2.05) is 13.0 Å². The van der Waals surface area contributed by atoms with Gasteiger partial charge in [-0.15, -0.1) is 11.8 Å². The lowest BCUT2D eigenvalue weighted by Crippen LogP contribution is -2.46. The maximum atomic E-state index is 13.5. The van der Waals surface area contributed by atoms with Crippen molar-refractivity contribution in [2.45, 2.75) is 24.7 Å². The van der Waals surface area contributed by atoms with Crippen molar-refractivity contribution in [1.82, 2.24) is 4.90 Å². The first-order valence-electron chi connectivity index (χ1n) is 6.84. The van der Waals surface area contributed by atoms with Crippen LogP contribution in [0.1, 0.15) is 19.8 Å². The van der Waals surface area contributed by atoms with Gasteiger partial charge in [-0.05, 0) is 38.4 Å². The van der Waals surface area contributed by atoms with Crippen molar-refractivity contribution in [3.8, 4) is 0 Å². The fourth-order valence-corrected chi connectivity index (χ4v) is 3.51. The SMILES string of the molecule is CC1(C(=O)O)CCCN(CCSc2ccccc2F)C1. The molecule has 5 heteroatoms. The number of benzene rings is 1. The Balaban J connectivity index is 1.83. The van der Waals surface area contributed by atoms with Crippen LogP contribution in [0.5, 0.6) is 0 Å². The van der Waals surface area contributed by atoms with E-state index in [9.17, 15) is 14.3 Å². The summed E-state index contributed by atoms with van der Waals surface area (Å²) in [7, 11) is 0. The van der Waals surface area contributed by atoms with Crippen LogP contribution in [0.25, 0.3) is 0 Å². The van der Waals surface area contributed by atoms with E-state index >= 15 is 0 Å². The summed E-state index contributed by atoms with van der Waals surface area (Å²) in [4.78, 5) is 14.1. The van der Waals surface area contributed by atoms with Crippen molar-refractivity contribution in [2.24, 2.45) is 5.41 Å². The van der Waals surface area contributed by atoms with Gasteiger partial charge in [-0.25, -0.2) is 4.39 Å². The number of aliphatic carboxylic acids is 1. The number of carboxylic acid groups (broad SMARTS) is 1. The maximum absolute atomic E-state index is 13.5. The normalized spacial score (nSPS) is 23.7. The summed E-state index contributed by atoms with van der Waals surface area (Å²) in [5, 5.41) is 9.27. The van der Waals surface area contributed by atoms with Crippen molar-refractivity contribution in [3.05, 3.63) is 30.1 Å². The van der Waals surface area contributed by atoms with Crippen molar-refractivity contribution >= 4 is 17.7 Å². The lowest BCUT2D eigenvalue weighted by atomic mass is 9.82. The minimum atomic E-state index is -0.719. The number of nitrogens with zero attached hydrogens (tertiary/aromatic N) is 1. The monoisotopic (exact) mass is 297 g/mol. The second-order valence-corrected chi connectivity index (χ2v) is 6.66. The highest BCUT2D eigenvalue weighted by Crippen LogP contribution is 2.30. The third-order valence-corrected chi connectivity index (χ3v) is 4.82. The molecule has 1 atom stereocenters. The predicted molar refractivity (Wildman–Crippen MR) is 78.5 cm³/mol. The molecule has 3 nitrogen and oxygen atoms in total. The van der Waals surface area contributed by atoms with E-state index in [1.165, 1.54) is 17.8 Å². The summed E-state index contributed by atoms with van der Waals surface area (Å²) < 4.78 is 13.5. The molecule has 1 aromatic rings. The predicted octanol–water partition coefficient (Wildman–Crippen LogP) is 3.10. The first-order chi connectivity index (χ1) is 9.51. The van der Waals surface area contributed by atoms with E-state index in [0.717, 1.165) is 31.7 Å². The number of thioether (sulfide) groups is 1. The minimum Gasteiger partial charge on any atom is -0.481 e. The number of carboxylic acids is 1. The van der Waals surface area contributed by atoms with Crippen molar-refractivity contribution in [1.29, 1.82) is 0 Å². The standard InChI is InChI=1S/C15H20FNO2S/c1-15(14(18)19)7-4-8-17(11-15)9-10-20-13-6-3-2-5-12(13)16/h2-3,5-6H,4,7-11H2,1H3,(H,18,19). The summed E-state index contributed by atoms with van der Waals surface area (Å²) in [6.45, 7) is 4.12. The molecule has 0 bridgehead atoms. The highest BCUT2D eigenvalue weighted by molar-refractivity contribution is 7.99. The van der Waals surface area contributed by atoms with Crippen LogP contribution in [-0.2, 0) is 4.79 Å². The van der Waals surface area contributed by atoms with Crippen LogP contribution in [0.3, 0.4) is 0 Å². The van der Waals surface area contributed by atoms with Gasteiger partial charge in [0.15, 0.2) is 0 Å². The first kappa shape index (κ1) is 15.3. The van der Waals surface area contributed by atoms with Crippen LogP contribution < -0.4 is 0 Å². The molecule has 0 radical (unpaired) electrons. The summed E-state index contributed by atoms with van der Waals surface area (Å²) in [6.07, 6.45) is 1.65. The van der Waals surface area contributed by atoms with Crippen molar-refractivity contribution in [3.63, 3.8) is 0 Å². The molecule has 1 aromatic carbocycles. The molecule has 2 rings (SSSR count). The summed E-state index contributed by atoms with van der Waals surface area (Å²) >= 11 is 1.49. The van der Waals surface area contributed by atoms with Gasteiger partial charge in [0.25, 0.3) is 0 Å². The van der Waals surface area contributed by atoms with E-state index in [0.29, 0.717) is 11.4 Å². The van der Waals surface area contributed by atoms with E-state index in [-0.39, 0.29) is 5.82 Å². The van der Waals surface area contributed by atoms with E-state index in [2.05, 4.69) is 4.90 Å². The Morgan fingerprint density at radius 3 is 2.95 bits per heavy atom. The van der Waals surface area contributed by atoms with Crippen molar-refractivity contribution < 1.29 is 14.3 Å². The molecule has 0 amide bonds. The molecule has 0 aromatic heterocycles. The number of hydrogen-bond acceptors (Lipinski definition) is 3. The molecular weight excluding hydrogens is 277 g/mol. The number of carbonyl (C=O) groups is 1. The zero-order valence-corrected chi connectivity index (χ0v) is 12.5. The van der Waals surface area contributed by atoms with Crippen LogP contribution in [0.15, 0.2) is 29.2 Å². The Kier molecular flexibility index (Phi) is 5.05. The third-order valence-electron chi connectivity index (χ3n) is 3.79. The molecule has 1 unspecified atom stereocenters. The van der Waals surface area contributed by atoms with Crippen LogP contribution in [0, 0.1) is 11.2 Å². The summed E-state index contributed by atoms with van der Waals surface area (Å²) in [6, 6.07) is 6.75. The molecule has 20 heavy (non-hydrogen) atoms. The topological polar surface area (TPSA) is 40.5 Å². The Morgan fingerprint density at radius 1 is 1.50 bits per heavy atom. The smallest absolute Gasteiger partial charge is 0.310 e. The van der Waals surface area contributed by atoms with Gasteiger partial charge in [0, 0.05) is 23.7 Å². The number of rotatable bonds is 5. The fraction of sp³-hybridized carbons (Fsp3) is 0.533. The molecular formula is C15H20FNO2S. The molecule has 1 heterocycles. The zero-order valence-electron chi connectivity index (χ0n) is 11.6. The molecule has 0 aliphatic carbocycles. The third kappa shape index (κ3) is 3.73. The van der Waals surface area contributed by atoms with E-state index in [4.69, 9.17) is 0 Å². The van der Waals surface area contributed by atoms with Crippen LogP contribution in [-0.4, -0.2) is 41.4 Å². The largest absolute Gasteiger partial charge is 0.481 e. The highest BCUT2D eigenvalue weighted by Gasteiger charge is 2.37. The van der Waals surface area contributed by atoms with Crippen LogP contribution >= 0.6 is 11.8 Å². The van der Waals surface area contributed by atoms with Gasteiger partial charge in [-0.1, -0.05) is 12.1 Å². The highest BCUT2D eigenvalue weighted by atomic mass is 32.2. The van der Waals surface area contributed by atoms with E-state index in [1.54, 1.807) is 12.1 Å². The molecule has 1 fully saturated rings. The number of halogens is 1. The van der Waals surface area contributed by atoms with Crippen LogP contribution in [0.2, 0.25) is 0 Å². The second-order valence-electron chi connectivity index (χ2n) is 5.52. The average molecular weight is 297 g/mol. The van der Waals surface area contributed by atoms with Gasteiger partial charge >= 0.3 is 5.97 Å². The number of piperidine rings is 1. The van der Waals surface area contributed by atoms with Crippen LogP contribution in [0.4, 0.5) is 4.39 Å². The maximum Gasteiger partial charge on any atom is 0.310 e. The summed E-state index contributed by atoms with van der Waals surface area (Å²) in [5.41, 5.74) is -0.638. The van der Waals surface area contributed by atoms with Crippen molar-refractivity contribution in [2.75, 3.05) is 25.4 Å². The molecule has 0 spiro atoms. The van der Waals surface area contributed by atoms with Gasteiger partial charge in [0.2, 0.25) is 0 Å². The van der Waals surface area contributed by atoms with Gasteiger partial charge in [0.1, 0.15) is 5.82 Å². The second kappa shape index (κ2) is 6.59. The lowest BCUT2D eigenvalue weighted by molar-refractivity contribution is -0.151. The zero-order chi connectivity index (χ0) is 14.6. The quantitative estimate of drug-likeness (QED) is 0.848. The molecule has 110 valence electrons. The lowest BCUT2D eigenvalue weighted by Gasteiger charge is -2.37. The van der Waals surface area contributed by atoms with Gasteiger partial charge in [-0.3, -0.25) is 4.79 Å². The molecule has 1 saturated heterocycles. The molecule has 0 saturated carbocycles. The molecule has 1 aliphatic heterocycles. The van der Waals surface area contributed by atoms with Gasteiger partial charge in [-0.2, -0.15) is 0 Å². The Hall–Kier alpha value is -1.07. The van der Waals surface area contributed by atoms with Gasteiger partial charge in [0.05, 0.1) is 5.41 Å². The minimum absolute atomic E-state index is 0.188. The summed E-state index contributed by atoms with van der Waals surface area (Å²) in [5.74, 6) is -0.133.